The molecule has 1 aliphatic rings. The number of non-ortho nitro benzene ring substituents is 1. The first kappa shape index (κ1) is 13.1. The first-order valence-corrected chi connectivity index (χ1v) is 6.27. The maximum atomic E-state index is 10.6. The van der Waals surface area contributed by atoms with E-state index in [1.807, 2.05) is 0 Å². The van der Waals surface area contributed by atoms with Crippen molar-refractivity contribution in [3.63, 3.8) is 0 Å². The molecule has 0 aromatic heterocycles. The van der Waals surface area contributed by atoms with Crippen LogP contribution in [0.5, 0.6) is 0 Å². The van der Waals surface area contributed by atoms with Gasteiger partial charge in [0.15, 0.2) is 0 Å². The van der Waals surface area contributed by atoms with Crippen LogP contribution in [0.3, 0.4) is 0 Å². The lowest BCUT2D eigenvalue weighted by Crippen LogP contribution is -2.19. The van der Waals surface area contributed by atoms with Crippen LogP contribution < -0.4 is 5.32 Å². The zero-order valence-corrected chi connectivity index (χ0v) is 10.8. The molecule has 6 heteroatoms. The zero-order chi connectivity index (χ0) is 13.1. The second-order valence-corrected chi connectivity index (χ2v) is 4.86. The van der Waals surface area contributed by atoms with Gasteiger partial charge in [0.05, 0.1) is 27.8 Å². The van der Waals surface area contributed by atoms with E-state index in [1.54, 1.807) is 6.07 Å². The lowest BCUT2D eigenvalue weighted by Gasteiger charge is -2.14. The van der Waals surface area contributed by atoms with Gasteiger partial charge in [-0.2, -0.15) is 0 Å². The number of anilines is 1. The minimum atomic E-state index is -0.461. The van der Waals surface area contributed by atoms with Crippen LogP contribution in [0.25, 0.3) is 0 Å². The number of ether oxygens (including phenoxy) is 1. The third-order valence-electron chi connectivity index (χ3n) is 3.00. The summed E-state index contributed by atoms with van der Waals surface area (Å²) in [5.41, 5.74) is 0.696. The summed E-state index contributed by atoms with van der Waals surface area (Å²) < 4.78 is 5.67. The summed E-state index contributed by atoms with van der Waals surface area (Å²) in [5.74, 6) is 0. The topological polar surface area (TPSA) is 64.4 Å². The summed E-state index contributed by atoms with van der Waals surface area (Å²) in [6.07, 6.45) is 2.59. The normalized spacial score (nSPS) is 23.0. The van der Waals surface area contributed by atoms with Crippen molar-refractivity contribution in [2.75, 3.05) is 11.9 Å². The van der Waals surface area contributed by atoms with E-state index in [2.05, 4.69) is 12.2 Å². The van der Waals surface area contributed by atoms with E-state index < -0.39 is 4.92 Å². The minimum Gasteiger partial charge on any atom is -0.381 e. The van der Waals surface area contributed by atoms with Crippen LogP contribution in [-0.4, -0.2) is 23.7 Å². The molecule has 0 spiro atoms. The lowest BCUT2D eigenvalue weighted by atomic mass is 10.2. The molecule has 2 unspecified atom stereocenters. The summed E-state index contributed by atoms with van der Waals surface area (Å²) in [6.45, 7) is 2.72. The molecular weight excluding hydrogens is 256 g/mol. The van der Waals surface area contributed by atoms with E-state index in [1.165, 1.54) is 12.1 Å². The molecule has 0 aliphatic carbocycles. The summed E-state index contributed by atoms with van der Waals surface area (Å²) in [6, 6.07) is 4.41. The Morgan fingerprint density at radius 2 is 2.33 bits per heavy atom. The Morgan fingerprint density at radius 1 is 1.56 bits per heavy atom. The van der Waals surface area contributed by atoms with Crippen molar-refractivity contribution >= 4 is 23.0 Å². The molecule has 5 nitrogen and oxygen atoms in total. The van der Waals surface area contributed by atoms with E-state index in [0.29, 0.717) is 23.4 Å². The van der Waals surface area contributed by atoms with E-state index in [4.69, 9.17) is 16.3 Å². The van der Waals surface area contributed by atoms with Crippen molar-refractivity contribution in [3.8, 4) is 0 Å². The summed E-state index contributed by atoms with van der Waals surface area (Å²) >= 11 is 5.98. The molecule has 1 saturated heterocycles. The highest BCUT2D eigenvalue weighted by Crippen LogP contribution is 2.27. The number of benzene rings is 1. The molecular formula is C12H15ClN2O3. The summed E-state index contributed by atoms with van der Waals surface area (Å²) in [7, 11) is 0. The van der Waals surface area contributed by atoms with Crippen molar-refractivity contribution in [3.05, 3.63) is 33.3 Å². The molecule has 2 atom stereocenters. The van der Waals surface area contributed by atoms with Crippen LogP contribution in [0.15, 0.2) is 18.2 Å². The fraction of sp³-hybridized carbons (Fsp3) is 0.500. The zero-order valence-electron chi connectivity index (χ0n) is 10.1. The average Bonchev–Trinajstić information content (AvgIpc) is 2.73. The molecule has 0 radical (unpaired) electrons. The van der Waals surface area contributed by atoms with Crippen molar-refractivity contribution < 1.29 is 9.66 Å². The first-order valence-electron chi connectivity index (χ1n) is 5.89. The Kier molecular flexibility index (Phi) is 4.04. The van der Waals surface area contributed by atoms with Crippen LogP contribution in [0, 0.1) is 10.1 Å². The minimum absolute atomic E-state index is 0.00344. The van der Waals surface area contributed by atoms with Gasteiger partial charge in [0.1, 0.15) is 0 Å². The second kappa shape index (κ2) is 5.54. The highest BCUT2D eigenvalue weighted by atomic mass is 35.5. The van der Waals surface area contributed by atoms with Crippen molar-refractivity contribution in [1.29, 1.82) is 0 Å². The van der Waals surface area contributed by atoms with E-state index in [0.717, 1.165) is 12.8 Å². The largest absolute Gasteiger partial charge is 0.381 e. The predicted molar refractivity (Wildman–Crippen MR) is 70.2 cm³/mol. The van der Waals surface area contributed by atoms with Gasteiger partial charge in [0.2, 0.25) is 0 Å². The van der Waals surface area contributed by atoms with Gasteiger partial charge in [-0.05, 0) is 25.8 Å². The monoisotopic (exact) mass is 270 g/mol. The molecule has 1 aromatic carbocycles. The van der Waals surface area contributed by atoms with Crippen molar-refractivity contribution in [2.45, 2.75) is 32.0 Å². The highest BCUT2D eigenvalue weighted by molar-refractivity contribution is 6.33. The number of nitro benzene ring substituents is 1. The molecule has 0 bridgehead atoms. The highest BCUT2D eigenvalue weighted by Gasteiger charge is 2.21. The van der Waals surface area contributed by atoms with Crippen LogP contribution >= 0.6 is 11.6 Å². The Labute approximate surface area is 110 Å². The van der Waals surface area contributed by atoms with Gasteiger partial charge in [-0.1, -0.05) is 11.6 Å². The van der Waals surface area contributed by atoms with Gasteiger partial charge in [-0.3, -0.25) is 10.1 Å². The molecule has 0 amide bonds. The van der Waals surface area contributed by atoms with E-state index in [-0.39, 0.29) is 11.8 Å². The third-order valence-corrected chi connectivity index (χ3v) is 3.32. The van der Waals surface area contributed by atoms with E-state index in [9.17, 15) is 10.1 Å². The van der Waals surface area contributed by atoms with Crippen LogP contribution in [0.4, 0.5) is 11.4 Å². The van der Waals surface area contributed by atoms with Crippen molar-refractivity contribution in [2.24, 2.45) is 0 Å². The van der Waals surface area contributed by atoms with Crippen LogP contribution in [0.1, 0.15) is 19.8 Å². The summed E-state index contributed by atoms with van der Waals surface area (Å²) in [5, 5.41) is 14.1. The molecule has 98 valence electrons. The van der Waals surface area contributed by atoms with Gasteiger partial charge < -0.3 is 10.1 Å². The molecule has 1 fully saturated rings. The second-order valence-electron chi connectivity index (χ2n) is 4.45. The van der Waals surface area contributed by atoms with E-state index >= 15 is 0 Å². The number of hydrogen-bond acceptors (Lipinski definition) is 4. The molecule has 2 rings (SSSR count). The SMILES string of the molecule is CC1CCC(CNc2ccc([N+](=O)[O-])cc2Cl)O1. The molecule has 1 N–H and O–H groups in total. The number of nitrogens with zero attached hydrogens (tertiary/aromatic N) is 1. The number of rotatable bonds is 4. The quantitative estimate of drug-likeness (QED) is 0.674. The Bertz CT molecular complexity index is 453. The molecule has 1 aliphatic heterocycles. The maximum Gasteiger partial charge on any atom is 0.271 e. The van der Waals surface area contributed by atoms with Gasteiger partial charge in [-0.25, -0.2) is 0 Å². The average molecular weight is 271 g/mol. The Hall–Kier alpha value is -1.33. The van der Waals surface area contributed by atoms with Gasteiger partial charge in [0, 0.05) is 18.7 Å². The third kappa shape index (κ3) is 3.11. The Balaban J connectivity index is 1.95. The molecule has 1 aromatic rings. The fourth-order valence-electron chi connectivity index (χ4n) is 2.02. The molecule has 0 saturated carbocycles. The standard InChI is InChI=1S/C12H15ClN2O3/c1-8-2-4-10(18-8)7-14-12-5-3-9(15(16)17)6-11(12)13/h3,5-6,8,10,14H,2,4,7H2,1H3. The number of hydrogen-bond donors (Lipinski definition) is 1. The lowest BCUT2D eigenvalue weighted by molar-refractivity contribution is -0.384. The molecule has 1 heterocycles. The predicted octanol–water partition coefficient (Wildman–Crippen LogP) is 3.23. The van der Waals surface area contributed by atoms with Crippen LogP contribution in [-0.2, 0) is 4.74 Å². The number of halogens is 1. The fourth-order valence-corrected chi connectivity index (χ4v) is 2.26. The van der Waals surface area contributed by atoms with Crippen LogP contribution in [0.2, 0.25) is 5.02 Å². The maximum absolute atomic E-state index is 10.6. The number of nitro groups is 1. The molecule has 18 heavy (non-hydrogen) atoms. The first-order chi connectivity index (χ1) is 8.56. The Morgan fingerprint density at radius 3 is 2.89 bits per heavy atom. The smallest absolute Gasteiger partial charge is 0.271 e. The van der Waals surface area contributed by atoms with Gasteiger partial charge in [-0.15, -0.1) is 0 Å². The van der Waals surface area contributed by atoms with Gasteiger partial charge >= 0.3 is 0 Å². The van der Waals surface area contributed by atoms with Crippen molar-refractivity contribution in [1.82, 2.24) is 0 Å². The summed E-state index contributed by atoms with van der Waals surface area (Å²) in [4.78, 5) is 10.1. The number of nitrogens with one attached hydrogen (secondary N) is 1. The van der Waals surface area contributed by atoms with Gasteiger partial charge in [0.25, 0.3) is 5.69 Å².